The van der Waals surface area contributed by atoms with Gasteiger partial charge in [-0.05, 0) is 32.6 Å². The zero-order valence-electron chi connectivity index (χ0n) is 12.5. The maximum atomic E-state index is 10.5. The summed E-state index contributed by atoms with van der Waals surface area (Å²) in [6, 6.07) is 0. The van der Waals surface area contributed by atoms with Crippen molar-refractivity contribution in [2.75, 3.05) is 58.9 Å². The van der Waals surface area contributed by atoms with E-state index >= 15 is 0 Å². The Labute approximate surface area is 117 Å². The van der Waals surface area contributed by atoms with Gasteiger partial charge in [-0.25, -0.2) is 0 Å². The van der Waals surface area contributed by atoms with Crippen LogP contribution in [0.3, 0.4) is 0 Å². The first-order valence-electron chi connectivity index (χ1n) is 7.54. The Bertz CT molecular complexity index is 249. The summed E-state index contributed by atoms with van der Waals surface area (Å²) in [6.45, 7) is 13.9. The third-order valence-electron chi connectivity index (χ3n) is 3.95. The highest BCUT2D eigenvalue weighted by molar-refractivity contribution is 5.66. The molecule has 1 aliphatic rings. The highest BCUT2D eigenvalue weighted by Gasteiger charge is 2.16. The molecule has 5 nitrogen and oxygen atoms in total. The highest BCUT2D eigenvalue weighted by atomic mass is 16.4. The largest absolute Gasteiger partial charge is 0.481 e. The number of aliphatic carboxylic acids is 1. The Morgan fingerprint density at radius 3 is 2.05 bits per heavy atom. The zero-order valence-corrected chi connectivity index (χ0v) is 12.5. The van der Waals surface area contributed by atoms with Gasteiger partial charge in [-0.3, -0.25) is 4.79 Å². The Morgan fingerprint density at radius 2 is 1.58 bits per heavy atom. The van der Waals surface area contributed by atoms with Crippen molar-refractivity contribution >= 4 is 5.97 Å². The summed E-state index contributed by atoms with van der Waals surface area (Å²) in [5, 5.41) is 8.67. The number of hydrogen-bond donors (Lipinski definition) is 1. The van der Waals surface area contributed by atoms with Crippen LogP contribution in [0.2, 0.25) is 0 Å². The SMILES string of the molecule is CCN(CC)CCCN1CCN(CCC(=O)O)CC1. The van der Waals surface area contributed by atoms with Gasteiger partial charge < -0.3 is 19.8 Å². The lowest BCUT2D eigenvalue weighted by atomic mass is 10.2. The minimum absolute atomic E-state index is 0.266. The monoisotopic (exact) mass is 271 g/mol. The molecular formula is C14H29N3O2. The Hall–Kier alpha value is -0.650. The maximum absolute atomic E-state index is 10.5. The Morgan fingerprint density at radius 1 is 1.05 bits per heavy atom. The average molecular weight is 271 g/mol. The van der Waals surface area contributed by atoms with Crippen molar-refractivity contribution in [1.82, 2.24) is 14.7 Å². The topological polar surface area (TPSA) is 47.0 Å². The van der Waals surface area contributed by atoms with Crippen LogP contribution in [0.4, 0.5) is 0 Å². The van der Waals surface area contributed by atoms with E-state index in [1.54, 1.807) is 0 Å². The van der Waals surface area contributed by atoms with E-state index in [4.69, 9.17) is 5.11 Å². The van der Waals surface area contributed by atoms with Crippen LogP contribution < -0.4 is 0 Å². The van der Waals surface area contributed by atoms with Gasteiger partial charge in [-0.1, -0.05) is 13.8 Å². The lowest BCUT2D eigenvalue weighted by Crippen LogP contribution is -2.47. The molecular weight excluding hydrogens is 242 g/mol. The fraction of sp³-hybridized carbons (Fsp3) is 0.929. The van der Waals surface area contributed by atoms with Crippen molar-refractivity contribution < 1.29 is 9.90 Å². The predicted octanol–water partition coefficient (Wildman–Crippen LogP) is 0.811. The average Bonchev–Trinajstić information content (AvgIpc) is 2.42. The molecule has 5 heteroatoms. The molecule has 1 N–H and O–H groups in total. The van der Waals surface area contributed by atoms with E-state index in [1.165, 1.54) is 19.5 Å². The quantitative estimate of drug-likeness (QED) is 0.672. The van der Waals surface area contributed by atoms with Gasteiger partial charge >= 0.3 is 5.97 Å². The summed E-state index contributed by atoms with van der Waals surface area (Å²) >= 11 is 0. The fourth-order valence-electron chi connectivity index (χ4n) is 2.55. The molecule has 0 aromatic carbocycles. The van der Waals surface area contributed by atoms with Crippen LogP contribution in [0.15, 0.2) is 0 Å². The lowest BCUT2D eigenvalue weighted by molar-refractivity contribution is -0.137. The van der Waals surface area contributed by atoms with E-state index in [0.29, 0.717) is 6.54 Å². The van der Waals surface area contributed by atoms with E-state index in [1.807, 2.05) is 0 Å². The van der Waals surface area contributed by atoms with Crippen LogP contribution in [0.25, 0.3) is 0 Å². The summed E-state index contributed by atoms with van der Waals surface area (Å²) in [4.78, 5) is 17.7. The molecule has 0 aromatic rings. The normalized spacial score (nSPS) is 18.1. The van der Waals surface area contributed by atoms with Crippen molar-refractivity contribution in [2.24, 2.45) is 0 Å². The number of piperazine rings is 1. The molecule has 19 heavy (non-hydrogen) atoms. The van der Waals surface area contributed by atoms with Crippen molar-refractivity contribution in [3.8, 4) is 0 Å². The summed E-state index contributed by atoms with van der Waals surface area (Å²) in [5.41, 5.74) is 0. The maximum Gasteiger partial charge on any atom is 0.304 e. The number of carboxylic acid groups (broad SMARTS) is 1. The van der Waals surface area contributed by atoms with Gasteiger partial charge in [-0.15, -0.1) is 0 Å². The van der Waals surface area contributed by atoms with Crippen LogP contribution in [-0.2, 0) is 4.79 Å². The summed E-state index contributed by atoms with van der Waals surface area (Å²) in [7, 11) is 0. The van der Waals surface area contributed by atoms with Crippen LogP contribution in [0, 0.1) is 0 Å². The Kier molecular flexibility index (Phi) is 8.02. The van der Waals surface area contributed by atoms with Crippen molar-refractivity contribution in [3.63, 3.8) is 0 Å². The van der Waals surface area contributed by atoms with Gasteiger partial charge in [-0.2, -0.15) is 0 Å². The van der Waals surface area contributed by atoms with Crippen molar-refractivity contribution in [1.29, 1.82) is 0 Å². The molecule has 1 heterocycles. The molecule has 0 amide bonds. The van der Waals surface area contributed by atoms with Gasteiger partial charge in [0.05, 0.1) is 6.42 Å². The van der Waals surface area contributed by atoms with E-state index < -0.39 is 5.97 Å². The summed E-state index contributed by atoms with van der Waals surface area (Å²) < 4.78 is 0. The van der Waals surface area contributed by atoms with E-state index in [9.17, 15) is 4.79 Å². The van der Waals surface area contributed by atoms with Gasteiger partial charge in [0.1, 0.15) is 0 Å². The highest BCUT2D eigenvalue weighted by Crippen LogP contribution is 2.04. The second kappa shape index (κ2) is 9.28. The standard InChI is InChI=1S/C14H29N3O2/c1-3-15(4-2)7-5-8-16-10-12-17(13-11-16)9-6-14(18)19/h3-13H2,1-2H3,(H,18,19). The molecule has 0 saturated carbocycles. The Balaban J connectivity index is 2.08. The number of nitrogens with zero attached hydrogens (tertiary/aromatic N) is 3. The van der Waals surface area contributed by atoms with Gasteiger partial charge in [0, 0.05) is 32.7 Å². The number of carboxylic acids is 1. The van der Waals surface area contributed by atoms with E-state index in [2.05, 4.69) is 28.5 Å². The van der Waals surface area contributed by atoms with Gasteiger partial charge in [0.2, 0.25) is 0 Å². The molecule has 0 spiro atoms. The molecule has 1 saturated heterocycles. The summed E-state index contributed by atoms with van der Waals surface area (Å²) in [5.74, 6) is -0.693. The molecule has 1 rings (SSSR count). The van der Waals surface area contributed by atoms with Gasteiger partial charge in [0.25, 0.3) is 0 Å². The molecule has 1 aliphatic heterocycles. The molecule has 1 fully saturated rings. The third-order valence-corrected chi connectivity index (χ3v) is 3.95. The van der Waals surface area contributed by atoms with Crippen LogP contribution in [0.5, 0.6) is 0 Å². The minimum Gasteiger partial charge on any atom is -0.481 e. The fourth-order valence-corrected chi connectivity index (χ4v) is 2.55. The molecule has 0 radical (unpaired) electrons. The third kappa shape index (κ3) is 6.89. The van der Waals surface area contributed by atoms with Crippen molar-refractivity contribution in [3.05, 3.63) is 0 Å². The first-order valence-corrected chi connectivity index (χ1v) is 7.54. The number of carbonyl (C=O) groups is 1. The molecule has 0 atom stereocenters. The molecule has 0 unspecified atom stereocenters. The van der Waals surface area contributed by atoms with E-state index in [-0.39, 0.29) is 6.42 Å². The van der Waals surface area contributed by atoms with E-state index in [0.717, 1.165) is 39.3 Å². The van der Waals surface area contributed by atoms with Crippen LogP contribution in [0.1, 0.15) is 26.7 Å². The zero-order chi connectivity index (χ0) is 14.1. The first kappa shape index (κ1) is 16.4. The molecule has 0 bridgehead atoms. The summed E-state index contributed by atoms with van der Waals surface area (Å²) in [6.07, 6.45) is 1.50. The second-order valence-corrected chi connectivity index (χ2v) is 5.21. The van der Waals surface area contributed by atoms with Crippen LogP contribution in [-0.4, -0.2) is 84.7 Å². The molecule has 0 aromatic heterocycles. The molecule has 0 aliphatic carbocycles. The van der Waals surface area contributed by atoms with Crippen LogP contribution >= 0.6 is 0 Å². The second-order valence-electron chi connectivity index (χ2n) is 5.21. The predicted molar refractivity (Wildman–Crippen MR) is 77.5 cm³/mol. The smallest absolute Gasteiger partial charge is 0.304 e. The number of hydrogen-bond acceptors (Lipinski definition) is 4. The first-order chi connectivity index (χ1) is 9.15. The lowest BCUT2D eigenvalue weighted by Gasteiger charge is -2.34. The van der Waals surface area contributed by atoms with Gasteiger partial charge in [0.15, 0.2) is 0 Å². The number of rotatable bonds is 9. The minimum atomic E-state index is -0.693. The molecule has 112 valence electrons. The van der Waals surface area contributed by atoms with Crippen molar-refractivity contribution in [2.45, 2.75) is 26.7 Å².